The first-order chi connectivity index (χ1) is 11.5. The van der Waals surface area contributed by atoms with Crippen LogP contribution in [0.1, 0.15) is 47.4 Å². The molecule has 0 spiro atoms. The molecule has 2 rings (SSSR count). The fraction of sp³-hybridized carbons (Fsp3) is 0.421. The molecule has 1 aromatic carbocycles. The lowest BCUT2D eigenvalue weighted by atomic mass is 9.95. The summed E-state index contributed by atoms with van der Waals surface area (Å²) < 4.78 is 10.2. The van der Waals surface area contributed by atoms with Crippen LogP contribution in [-0.4, -0.2) is 30.1 Å². The highest BCUT2D eigenvalue weighted by atomic mass is 16.5. The summed E-state index contributed by atoms with van der Waals surface area (Å²) in [5.41, 5.74) is 3.75. The number of hydrogen-bond donors (Lipinski definition) is 0. The second kappa shape index (κ2) is 7.90. The largest absolute Gasteiger partial charge is 0.466 e. The minimum atomic E-state index is -0.398. The number of carbonyl (C=O) groups excluding carboxylic acids is 2. The number of nitrogens with zero attached hydrogens (tertiary/aromatic N) is 1. The van der Waals surface area contributed by atoms with Crippen LogP contribution in [0.5, 0.6) is 0 Å². The van der Waals surface area contributed by atoms with Gasteiger partial charge in [0, 0.05) is 11.8 Å². The summed E-state index contributed by atoms with van der Waals surface area (Å²) in [5.74, 6) is -0.674. The van der Waals surface area contributed by atoms with Crippen molar-refractivity contribution in [2.24, 2.45) is 0 Å². The normalized spacial score (nSPS) is 10.7. The van der Waals surface area contributed by atoms with E-state index in [0.29, 0.717) is 30.9 Å². The highest BCUT2D eigenvalue weighted by molar-refractivity contribution is 5.98. The van der Waals surface area contributed by atoms with Crippen LogP contribution in [0.15, 0.2) is 18.2 Å². The van der Waals surface area contributed by atoms with E-state index in [0.717, 1.165) is 22.0 Å². The summed E-state index contributed by atoms with van der Waals surface area (Å²) in [6.07, 6.45) is 0.628. The first kappa shape index (κ1) is 17.9. The molecular formula is C19H23NO4. The second-order valence-electron chi connectivity index (χ2n) is 5.60. The van der Waals surface area contributed by atoms with Crippen molar-refractivity contribution in [2.75, 3.05) is 13.2 Å². The Hall–Kier alpha value is -2.43. The van der Waals surface area contributed by atoms with E-state index >= 15 is 0 Å². The fourth-order valence-electron chi connectivity index (χ4n) is 2.77. The van der Waals surface area contributed by atoms with Gasteiger partial charge in [-0.1, -0.05) is 11.6 Å². The molecule has 128 valence electrons. The summed E-state index contributed by atoms with van der Waals surface area (Å²) in [7, 11) is 0. The standard InChI is InChI=1S/C19H23NO4/c1-5-23-17(21)10-8-14-15-11-12(3)7-9-16(15)20-13(4)18(14)19(22)24-6-2/h7,9,11H,5-6,8,10H2,1-4H3. The number of carbonyl (C=O) groups is 2. The fourth-order valence-corrected chi connectivity index (χ4v) is 2.77. The maximum Gasteiger partial charge on any atom is 0.340 e. The van der Waals surface area contributed by atoms with Gasteiger partial charge in [0.05, 0.1) is 30.0 Å². The van der Waals surface area contributed by atoms with Crippen LogP contribution in [0.2, 0.25) is 0 Å². The van der Waals surface area contributed by atoms with Crippen LogP contribution in [0.25, 0.3) is 10.9 Å². The molecule has 0 N–H and O–H groups in total. The SMILES string of the molecule is CCOC(=O)CCc1c(C(=O)OCC)c(C)nc2ccc(C)cc12. The van der Waals surface area contributed by atoms with Crippen LogP contribution in [-0.2, 0) is 20.7 Å². The van der Waals surface area contributed by atoms with Gasteiger partial charge in [0.15, 0.2) is 0 Å². The molecule has 5 nitrogen and oxygen atoms in total. The average molecular weight is 329 g/mol. The van der Waals surface area contributed by atoms with Gasteiger partial charge in [-0.15, -0.1) is 0 Å². The van der Waals surface area contributed by atoms with Gasteiger partial charge in [-0.05, 0) is 51.8 Å². The molecule has 0 aliphatic rings. The summed E-state index contributed by atoms with van der Waals surface area (Å²) in [4.78, 5) is 28.7. The van der Waals surface area contributed by atoms with E-state index in [2.05, 4.69) is 4.98 Å². The molecule has 0 saturated carbocycles. The Labute approximate surface area is 142 Å². The van der Waals surface area contributed by atoms with E-state index in [1.54, 1.807) is 20.8 Å². The Morgan fingerprint density at radius 1 is 1.08 bits per heavy atom. The Morgan fingerprint density at radius 3 is 2.46 bits per heavy atom. The van der Waals surface area contributed by atoms with Crippen molar-refractivity contribution >= 4 is 22.8 Å². The molecule has 0 amide bonds. The van der Waals surface area contributed by atoms with Gasteiger partial charge < -0.3 is 9.47 Å². The number of rotatable bonds is 6. The van der Waals surface area contributed by atoms with Gasteiger partial charge in [-0.2, -0.15) is 0 Å². The van der Waals surface area contributed by atoms with Crippen molar-refractivity contribution in [3.63, 3.8) is 0 Å². The van der Waals surface area contributed by atoms with E-state index < -0.39 is 5.97 Å². The van der Waals surface area contributed by atoms with Crippen molar-refractivity contribution in [1.82, 2.24) is 4.98 Å². The molecular weight excluding hydrogens is 306 g/mol. The first-order valence-corrected chi connectivity index (χ1v) is 8.20. The molecule has 2 aromatic rings. The third-order valence-electron chi connectivity index (χ3n) is 3.79. The van der Waals surface area contributed by atoms with Crippen molar-refractivity contribution in [3.8, 4) is 0 Å². The molecule has 1 aromatic heterocycles. The predicted octanol–water partition coefficient (Wildman–Crippen LogP) is 3.52. The summed E-state index contributed by atoms with van der Waals surface area (Å²) in [6.45, 7) is 7.96. The van der Waals surface area contributed by atoms with Crippen molar-refractivity contribution < 1.29 is 19.1 Å². The third kappa shape index (κ3) is 3.91. The van der Waals surface area contributed by atoms with E-state index in [1.807, 2.05) is 25.1 Å². The third-order valence-corrected chi connectivity index (χ3v) is 3.79. The van der Waals surface area contributed by atoms with Crippen LogP contribution in [0.3, 0.4) is 0 Å². The average Bonchev–Trinajstić information content (AvgIpc) is 2.53. The first-order valence-electron chi connectivity index (χ1n) is 8.20. The van der Waals surface area contributed by atoms with Crippen LogP contribution in [0, 0.1) is 13.8 Å². The number of ether oxygens (including phenoxy) is 2. The Morgan fingerprint density at radius 2 is 1.79 bits per heavy atom. The Balaban J connectivity index is 2.55. The minimum absolute atomic E-state index is 0.215. The zero-order chi connectivity index (χ0) is 17.7. The summed E-state index contributed by atoms with van der Waals surface area (Å²) in [6, 6.07) is 5.90. The van der Waals surface area contributed by atoms with E-state index in [1.165, 1.54) is 0 Å². The van der Waals surface area contributed by atoms with Gasteiger partial charge in [0.2, 0.25) is 0 Å². The molecule has 0 unspecified atom stereocenters. The Bertz CT molecular complexity index is 768. The van der Waals surface area contributed by atoms with Crippen LogP contribution in [0.4, 0.5) is 0 Å². The molecule has 0 radical (unpaired) electrons. The smallest absolute Gasteiger partial charge is 0.340 e. The van der Waals surface area contributed by atoms with Gasteiger partial charge in [-0.3, -0.25) is 9.78 Å². The Kier molecular flexibility index (Phi) is 5.90. The van der Waals surface area contributed by atoms with Gasteiger partial charge >= 0.3 is 11.9 Å². The maximum atomic E-state index is 12.4. The zero-order valence-corrected chi connectivity index (χ0v) is 14.6. The van der Waals surface area contributed by atoms with Crippen molar-refractivity contribution in [1.29, 1.82) is 0 Å². The number of hydrogen-bond acceptors (Lipinski definition) is 5. The number of aryl methyl sites for hydroxylation is 3. The zero-order valence-electron chi connectivity index (χ0n) is 14.6. The van der Waals surface area contributed by atoms with Gasteiger partial charge in [-0.25, -0.2) is 4.79 Å². The molecule has 0 atom stereocenters. The lowest BCUT2D eigenvalue weighted by Crippen LogP contribution is -2.14. The maximum absolute atomic E-state index is 12.4. The monoisotopic (exact) mass is 329 g/mol. The predicted molar refractivity (Wildman–Crippen MR) is 92.1 cm³/mol. The summed E-state index contributed by atoms with van der Waals surface area (Å²) >= 11 is 0. The molecule has 0 saturated heterocycles. The number of esters is 2. The molecule has 0 aliphatic heterocycles. The van der Waals surface area contributed by atoms with Crippen molar-refractivity contribution in [3.05, 3.63) is 40.6 Å². The van der Waals surface area contributed by atoms with E-state index in [4.69, 9.17) is 9.47 Å². The molecule has 0 aliphatic carbocycles. The van der Waals surface area contributed by atoms with Gasteiger partial charge in [0.25, 0.3) is 0 Å². The van der Waals surface area contributed by atoms with E-state index in [-0.39, 0.29) is 12.4 Å². The number of aromatic nitrogens is 1. The highest BCUT2D eigenvalue weighted by Gasteiger charge is 2.21. The lowest BCUT2D eigenvalue weighted by molar-refractivity contribution is -0.143. The minimum Gasteiger partial charge on any atom is -0.466 e. The molecule has 0 bridgehead atoms. The molecule has 1 heterocycles. The topological polar surface area (TPSA) is 65.5 Å². The van der Waals surface area contributed by atoms with Gasteiger partial charge in [0.1, 0.15) is 0 Å². The summed E-state index contributed by atoms with van der Waals surface area (Å²) in [5, 5.41) is 0.882. The van der Waals surface area contributed by atoms with Crippen LogP contribution >= 0.6 is 0 Å². The number of fused-ring (bicyclic) bond motifs is 1. The number of pyridine rings is 1. The lowest BCUT2D eigenvalue weighted by Gasteiger charge is -2.15. The number of benzene rings is 1. The highest BCUT2D eigenvalue weighted by Crippen LogP contribution is 2.26. The molecule has 0 fully saturated rings. The van der Waals surface area contributed by atoms with Crippen LogP contribution < -0.4 is 0 Å². The van der Waals surface area contributed by atoms with E-state index in [9.17, 15) is 9.59 Å². The molecule has 24 heavy (non-hydrogen) atoms. The molecule has 5 heteroatoms. The van der Waals surface area contributed by atoms with Crippen molar-refractivity contribution in [2.45, 2.75) is 40.5 Å². The second-order valence-corrected chi connectivity index (χ2v) is 5.60. The quantitative estimate of drug-likeness (QED) is 0.759.